The number of halogens is 3. The van der Waals surface area contributed by atoms with E-state index in [1.807, 2.05) is 0 Å². The van der Waals surface area contributed by atoms with E-state index in [1.165, 1.54) is 48.7 Å². The highest BCUT2D eigenvalue weighted by atomic mass is 35.5. The lowest BCUT2D eigenvalue weighted by Gasteiger charge is -2.07. The van der Waals surface area contributed by atoms with Gasteiger partial charge in [0.25, 0.3) is 10.0 Å². The molecule has 0 amide bonds. The molecule has 0 aliphatic heterocycles. The first kappa shape index (κ1) is 17.6. The second-order valence-corrected chi connectivity index (χ2v) is 9.72. The van der Waals surface area contributed by atoms with E-state index in [1.54, 1.807) is 0 Å². The summed E-state index contributed by atoms with van der Waals surface area (Å²) < 4.78 is 40.8. The lowest BCUT2D eigenvalue weighted by molar-refractivity contribution is 0.598. The number of rotatable bonds is 3. The number of nitrogens with zero attached hydrogens (tertiary/aromatic N) is 1. The standard InChI is InChI=1S/C13H10Cl3NO3S2/c1-21(18,11-5-2-9(14)3-6-11)17-22(19,20)13-8-10(15)4-7-12(13)16/h2-8H,1H3/t21-/m1/s1. The van der Waals surface area contributed by atoms with Crippen LogP contribution in [0.15, 0.2) is 56.0 Å². The molecular formula is C13H10Cl3NO3S2. The fraction of sp³-hybridized carbons (Fsp3) is 0.0769. The van der Waals surface area contributed by atoms with Gasteiger partial charge >= 0.3 is 0 Å². The summed E-state index contributed by atoms with van der Waals surface area (Å²) in [5, 5.41) is 0.589. The van der Waals surface area contributed by atoms with E-state index < -0.39 is 19.8 Å². The summed E-state index contributed by atoms with van der Waals surface area (Å²) in [5.41, 5.74) is 0. The highest BCUT2D eigenvalue weighted by Crippen LogP contribution is 2.28. The van der Waals surface area contributed by atoms with Crippen LogP contribution >= 0.6 is 34.8 Å². The zero-order valence-corrected chi connectivity index (χ0v) is 15.1. The van der Waals surface area contributed by atoms with Crippen molar-refractivity contribution >= 4 is 54.6 Å². The van der Waals surface area contributed by atoms with Crippen molar-refractivity contribution in [2.45, 2.75) is 9.79 Å². The lowest BCUT2D eigenvalue weighted by Crippen LogP contribution is -2.05. The van der Waals surface area contributed by atoms with Crippen molar-refractivity contribution in [2.24, 2.45) is 3.77 Å². The summed E-state index contributed by atoms with van der Waals surface area (Å²) in [5.74, 6) is 0. The largest absolute Gasteiger partial charge is 0.291 e. The summed E-state index contributed by atoms with van der Waals surface area (Å²) in [7, 11) is -7.42. The van der Waals surface area contributed by atoms with Crippen LogP contribution in [-0.4, -0.2) is 18.9 Å². The maximum atomic E-state index is 12.6. The molecule has 4 nitrogen and oxygen atoms in total. The SMILES string of the molecule is C[S@](=O)(=NS(=O)(=O)c1cc(Cl)ccc1Cl)c1ccc(Cl)cc1. The van der Waals surface area contributed by atoms with Gasteiger partial charge in [-0.15, -0.1) is 3.77 Å². The molecule has 0 aromatic heterocycles. The highest BCUT2D eigenvalue weighted by Gasteiger charge is 2.21. The molecule has 0 N–H and O–H groups in total. The second kappa shape index (κ2) is 6.37. The summed E-state index contributed by atoms with van der Waals surface area (Å²) >= 11 is 17.4. The minimum Gasteiger partial charge on any atom is -0.244 e. The van der Waals surface area contributed by atoms with Crippen molar-refractivity contribution in [2.75, 3.05) is 6.26 Å². The molecule has 0 saturated carbocycles. The summed E-state index contributed by atoms with van der Waals surface area (Å²) in [6.45, 7) is 0. The molecule has 2 aromatic carbocycles. The molecule has 0 radical (unpaired) electrons. The Morgan fingerprint density at radius 3 is 2.00 bits per heavy atom. The van der Waals surface area contributed by atoms with Crippen molar-refractivity contribution in [1.29, 1.82) is 0 Å². The Morgan fingerprint density at radius 1 is 0.864 bits per heavy atom. The molecule has 22 heavy (non-hydrogen) atoms. The average Bonchev–Trinajstić information content (AvgIpc) is 2.40. The Balaban J connectivity index is 2.61. The number of hydrogen-bond donors (Lipinski definition) is 0. The maximum Gasteiger partial charge on any atom is 0.291 e. The van der Waals surface area contributed by atoms with Crippen LogP contribution in [0.5, 0.6) is 0 Å². The third kappa shape index (κ3) is 3.94. The monoisotopic (exact) mass is 397 g/mol. The van der Waals surface area contributed by atoms with Gasteiger partial charge in [0.15, 0.2) is 0 Å². The van der Waals surface area contributed by atoms with Gasteiger partial charge in [-0.25, -0.2) is 4.21 Å². The third-order valence-electron chi connectivity index (χ3n) is 2.66. The van der Waals surface area contributed by atoms with Crippen molar-refractivity contribution in [3.63, 3.8) is 0 Å². The van der Waals surface area contributed by atoms with E-state index in [4.69, 9.17) is 34.8 Å². The first-order chi connectivity index (χ1) is 10.1. The smallest absolute Gasteiger partial charge is 0.244 e. The van der Waals surface area contributed by atoms with Gasteiger partial charge in [-0.3, -0.25) is 0 Å². The zero-order valence-electron chi connectivity index (χ0n) is 11.2. The van der Waals surface area contributed by atoms with Gasteiger partial charge < -0.3 is 0 Å². The molecule has 9 heteroatoms. The van der Waals surface area contributed by atoms with Gasteiger partial charge in [0.2, 0.25) is 0 Å². The van der Waals surface area contributed by atoms with Crippen LogP contribution in [0.2, 0.25) is 15.1 Å². The van der Waals surface area contributed by atoms with Crippen LogP contribution in [0.25, 0.3) is 0 Å². The second-order valence-electron chi connectivity index (χ2n) is 4.38. The van der Waals surface area contributed by atoms with Crippen molar-refractivity contribution in [3.05, 3.63) is 57.5 Å². The number of benzene rings is 2. The molecule has 0 heterocycles. The van der Waals surface area contributed by atoms with Gasteiger partial charge in [0, 0.05) is 21.2 Å². The van der Waals surface area contributed by atoms with E-state index in [0.29, 0.717) is 5.02 Å². The minimum atomic E-state index is -4.23. The van der Waals surface area contributed by atoms with Crippen LogP contribution < -0.4 is 0 Å². The lowest BCUT2D eigenvalue weighted by atomic mass is 10.4. The molecule has 2 aromatic rings. The van der Waals surface area contributed by atoms with Crippen LogP contribution in [0.3, 0.4) is 0 Å². The Hall–Kier alpha value is -0.790. The number of hydrogen-bond acceptors (Lipinski definition) is 3. The van der Waals surface area contributed by atoms with Crippen LogP contribution in [0, 0.1) is 0 Å². The molecule has 0 bridgehead atoms. The van der Waals surface area contributed by atoms with Gasteiger partial charge in [0.1, 0.15) is 4.90 Å². The molecule has 2 rings (SSSR count). The molecule has 1 atom stereocenters. The van der Waals surface area contributed by atoms with Crippen LogP contribution in [0.1, 0.15) is 0 Å². The fourth-order valence-corrected chi connectivity index (χ4v) is 5.80. The molecular weight excluding hydrogens is 389 g/mol. The van der Waals surface area contributed by atoms with E-state index in [0.717, 1.165) is 0 Å². The molecule has 0 saturated heterocycles. The van der Waals surface area contributed by atoms with Crippen LogP contribution in [0.4, 0.5) is 0 Å². The summed E-state index contributed by atoms with van der Waals surface area (Å²) in [6.07, 6.45) is 1.23. The van der Waals surface area contributed by atoms with Gasteiger partial charge in [-0.1, -0.05) is 34.8 Å². The summed E-state index contributed by atoms with van der Waals surface area (Å²) in [4.78, 5) is -0.0381. The Morgan fingerprint density at radius 2 is 1.41 bits per heavy atom. The fourth-order valence-electron chi connectivity index (χ4n) is 1.63. The Kier molecular flexibility index (Phi) is 5.09. The first-order valence-electron chi connectivity index (χ1n) is 5.81. The quantitative estimate of drug-likeness (QED) is 0.765. The molecule has 0 spiro atoms. The van der Waals surface area contributed by atoms with Gasteiger partial charge in [0.05, 0.1) is 14.8 Å². The van der Waals surface area contributed by atoms with Crippen LogP contribution in [-0.2, 0) is 19.8 Å². The van der Waals surface area contributed by atoms with E-state index in [9.17, 15) is 12.6 Å². The Labute approximate surface area is 144 Å². The maximum absolute atomic E-state index is 12.6. The first-order valence-corrected chi connectivity index (χ1v) is 10.3. The average molecular weight is 399 g/mol. The predicted molar refractivity (Wildman–Crippen MR) is 89.9 cm³/mol. The molecule has 0 unspecified atom stereocenters. The van der Waals surface area contributed by atoms with Gasteiger partial charge in [-0.05, 0) is 42.5 Å². The van der Waals surface area contributed by atoms with Gasteiger partial charge in [-0.2, -0.15) is 8.42 Å². The topological polar surface area (TPSA) is 63.6 Å². The molecule has 0 aliphatic rings. The Bertz CT molecular complexity index is 932. The minimum absolute atomic E-state index is 0.0422. The number of sulfonamides is 1. The molecule has 0 aliphatic carbocycles. The van der Waals surface area contributed by atoms with E-state index in [-0.39, 0.29) is 19.8 Å². The van der Waals surface area contributed by atoms with Crippen molar-refractivity contribution < 1.29 is 12.6 Å². The van der Waals surface area contributed by atoms with E-state index >= 15 is 0 Å². The normalized spacial score (nSPS) is 14.4. The van der Waals surface area contributed by atoms with E-state index in [2.05, 4.69) is 3.77 Å². The molecule has 118 valence electrons. The zero-order chi connectivity index (χ0) is 16.5. The summed E-state index contributed by atoms with van der Waals surface area (Å²) in [6, 6.07) is 9.90. The van der Waals surface area contributed by atoms with Crippen molar-refractivity contribution in [1.82, 2.24) is 0 Å². The van der Waals surface area contributed by atoms with Crippen molar-refractivity contribution in [3.8, 4) is 0 Å². The third-order valence-corrected chi connectivity index (χ3v) is 7.55. The predicted octanol–water partition coefficient (Wildman–Crippen LogP) is 4.49. The molecule has 0 fully saturated rings. The highest BCUT2D eigenvalue weighted by molar-refractivity contribution is 8.03.